The number of carbonyl (C=O) groups excluding carboxylic acids is 3. The number of nitrogens with zero attached hydrogens (tertiary/aromatic N) is 2. The molecule has 9 nitrogen and oxygen atoms in total. The summed E-state index contributed by atoms with van der Waals surface area (Å²) in [5.74, 6) is -0.646. The maximum Gasteiger partial charge on any atom is 0.262 e. The molecule has 3 heterocycles. The molecule has 2 bridgehead atoms. The maximum absolute atomic E-state index is 13.7. The van der Waals surface area contributed by atoms with E-state index < -0.39 is 22.6 Å². The van der Waals surface area contributed by atoms with Crippen LogP contribution in [0.3, 0.4) is 0 Å². The van der Waals surface area contributed by atoms with E-state index in [1.807, 2.05) is 44.2 Å². The van der Waals surface area contributed by atoms with Crippen LogP contribution in [0.2, 0.25) is 10.0 Å². The number of likely N-dealkylation sites (tertiary alicyclic amines) is 2. The highest BCUT2D eigenvalue weighted by Crippen LogP contribution is 2.32. The van der Waals surface area contributed by atoms with Gasteiger partial charge in [0, 0.05) is 22.8 Å². The first-order valence-corrected chi connectivity index (χ1v) is 16.3. The molecule has 2 aromatic carbocycles. The highest BCUT2D eigenvalue weighted by Gasteiger charge is 2.48. The Morgan fingerprint density at radius 2 is 1.73 bits per heavy atom. The van der Waals surface area contributed by atoms with Crippen molar-refractivity contribution in [3.63, 3.8) is 0 Å². The van der Waals surface area contributed by atoms with Crippen LogP contribution in [0.15, 0.2) is 53.4 Å². The Morgan fingerprint density at radius 3 is 2.39 bits per heavy atom. The first-order chi connectivity index (χ1) is 19.4. The number of sulfonamides is 1. The Bertz CT molecular complexity index is 1580. The van der Waals surface area contributed by atoms with Gasteiger partial charge in [0.2, 0.25) is 21.8 Å². The summed E-state index contributed by atoms with van der Waals surface area (Å²) in [7, 11) is -4.03. The van der Waals surface area contributed by atoms with E-state index in [1.165, 1.54) is 29.5 Å². The van der Waals surface area contributed by atoms with Gasteiger partial charge >= 0.3 is 0 Å². The lowest BCUT2D eigenvalue weighted by Gasteiger charge is -2.36. The Balaban J connectivity index is 1.20. The molecule has 2 N–H and O–H groups in total. The van der Waals surface area contributed by atoms with E-state index in [2.05, 4.69) is 10.0 Å². The van der Waals surface area contributed by atoms with Crippen LogP contribution in [0.1, 0.15) is 36.4 Å². The normalized spacial score (nSPS) is 19.2. The zero-order valence-electron chi connectivity index (χ0n) is 22.5. The summed E-state index contributed by atoms with van der Waals surface area (Å²) in [5.41, 5.74) is 0. The summed E-state index contributed by atoms with van der Waals surface area (Å²) in [5, 5.41) is 4.20. The first kappa shape index (κ1) is 29.8. The minimum atomic E-state index is -4.03. The van der Waals surface area contributed by atoms with Gasteiger partial charge < -0.3 is 15.1 Å². The van der Waals surface area contributed by atoms with Gasteiger partial charge in [-0.2, -0.15) is 0 Å². The van der Waals surface area contributed by atoms with Crippen molar-refractivity contribution in [1.29, 1.82) is 0 Å². The Kier molecular flexibility index (Phi) is 8.63. The summed E-state index contributed by atoms with van der Waals surface area (Å²) in [4.78, 5) is 43.5. The monoisotopic (exact) mass is 636 g/mol. The van der Waals surface area contributed by atoms with Crippen molar-refractivity contribution >= 4 is 72.4 Å². The molecule has 2 aliphatic rings. The van der Waals surface area contributed by atoms with Gasteiger partial charge in [0.15, 0.2) is 0 Å². The topological polar surface area (TPSA) is 116 Å². The number of hydrogen-bond donors (Lipinski definition) is 2. The molecular weight excluding hydrogens is 607 g/mol. The van der Waals surface area contributed by atoms with E-state index in [9.17, 15) is 22.8 Å². The van der Waals surface area contributed by atoms with Crippen molar-refractivity contribution in [2.24, 2.45) is 5.92 Å². The molecule has 2 fully saturated rings. The van der Waals surface area contributed by atoms with E-state index in [-0.39, 0.29) is 45.6 Å². The molecule has 1 aromatic heterocycles. The van der Waals surface area contributed by atoms with Crippen molar-refractivity contribution < 1.29 is 22.8 Å². The van der Waals surface area contributed by atoms with Crippen LogP contribution in [0.25, 0.3) is 10.1 Å². The zero-order valence-corrected chi connectivity index (χ0v) is 25.6. The molecule has 0 radical (unpaired) electrons. The SMILES string of the molecule is CC(C)C[C@H](NC(=O)c1cc2ccccc2s1)C(=O)N1C[C@@H]2C[C@H]1CN2C(=O)CNS(=O)(=O)c1ccc(Cl)cc1Cl. The van der Waals surface area contributed by atoms with Gasteiger partial charge in [-0.05, 0) is 54.5 Å². The van der Waals surface area contributed by atoms with Gasteiger partial charge in [-0.3, -0.25) is 14.4 Å². The summed E-state index contributed by atoms with van der Waals surface area (Å²) in [6, 6.07) is 12.5. The number of hydrogen-bond acceptors (Lipinski definition) is 6. The van der Waals surface area contributed by atoms with E-state index in [1.54, 1.807) is 9.80 Å². The van der Waals surface area contributed by atoms with Crippen LogP contribution >= 0.6 is 34.5 Å². The lowest BCUT2D eigenvalue weighted by molar-refractivity contribution is -0.140. The van der Waals surface area contributed by atoms with Crippen LogP contribution in [0.5, 0.6) is 0 Å². The van der Waals surface area contributed by atoms with Crippen molar-refractivity contribution in [2.45, 2.75) is 49.7 Å². The van der Waals surface area contributed by atoms with Crippen molar-refractivity contribution in [2.75, 3.05) is 19.6 Å². The first-order valence-electron chi connectivity index (χ1n) is 13.3. The third-order valence-corrected chi connectivity index (χ3v) is 10.6. The van der Waals surface area contributed by atoms with Gasteiger partial charge in [0.1, 0.15) is 10.9 Å². The van der Waals surface area contributed by atoms with Gasteiger partial charge in [0.25, 0.3) is 5.91 Å². The quantitative estimate of drug-likeness (QED) is 0.366. The molecule has 13 heteroatoms. The highest BCUT2D eigenvalue weighted by atomic mass is 35.5. The fraction of sp³-hybridized carbons (Fsp3) is 0.393. The predicted molar refractivity (Wildman–Crippen MR) is 160 cm³/mol. The van der Waals surface area contributed by atoms with E-state index >= 15 is 0 Å². The molecule has 0 saturated carbocycles. The number of rotatable bonds is 9. The fourth-order valence-electron chi connectivity index (χ4n) is 5.49. The predicted octanol–water partition coefficient (Wildman–Crippen LogP) is 4.14. The van der Waals surface area contributed by atoms with Crippen LogP contribution in [0.4, 0.5) is 0 Å². The van der Waals surface area contributed by atoms with E-state index in [0.717, 1.165) is 10.1 Å². The zero-order chi connectivity index (χ0) is 29.5. The number of thiophene rings is 1. The van der Waals surface area contributed by atoms with Gasteiger partial charge in [-0.15, -0.1) is 11.3 Å². The number of fused-ring (bicyclic) bond motifs is 3. The Hall–Kier alpha value is -2.70. The summed E-state index contributed by atoms with van der Waals surface area (Å²) in [6.07, 6.45) is 1.09. The second-order valence-corrected chi connectivity index (χ2v) is 14.4. The molecular formula is C28H30Cl2N4O5S2. The average Bonchev–Trinajstić information content (AvgIpc) is 3.65. The maximum atomic E-state index is 13.7. The van der Waals surface area contributed by atoms with Crippen LogP contribution in [0, 0.1) is 5.92 Å². The lowest BCUT2D eigenvalue weighted by atomic mass is 10.0. The number of amides is 3. The van der Waals surface area contributed by atoms with Crippen molar-refractivity contribution in [3.8, 4) is 0 Å². The minimum Gasteiger partial charge on any atom is -0.340 e. The lowest BCUT2D eigenvalue weighted by Crippen LogP contribution is -2.57. The average molecular weight is 638 g/mol. The molecule has 3 atom stereocenters. The van der Waals surface area contributed by atoms with Gasteiger partial charge in [0.05, 0.1) is 28.5 Å². The summed E-state index contributed by atoms with van der Waals surface area (Å²) < 4.78 is 28.7. The standard InChI is InChI=1S/C28H30Cl2N4O5S2/c1-16(2)9-22(32-27(36)24-10-17-5-3-4-6-23(17)40-24)28(37)34-15-19-12-20(34)14-33(19)26(35)13-31-41(38,39)25-8-7-18(29)11-21(25)30/h3-8,10-11,16,19-20,22,31H,9,12-15H2,1-2H3,(H,32,36)/t19-,20-,22-/m0/s1. The third-order valence-electron chi connectivity index (χ3n) is 7.40. The Morgan fingerprint density at radius 1 is 1.02 bits per heavy atom. The smallest absolute Gasteiger partial charge is 0.262 e. The minimum absolute atomic E-state index is 0.0396. The van der Waals surface area contributed by atoms with E-state index in [0.29, 0.717) is 35.8 Å². The van der Waals surface area contributed by atoms with Crippen LogP contribution in [-0.2, 0) is 19.6 Å². The van der Waals surface area contributed by atoms with Crippen LogP contribution in [-0.4, -0.2) is 73.7 Å². The molecule has 5 rings (SSSR count). The van der Waals surface area contributed by atoms with E-state index in [4.69, 9.17) is 23.2 Å². The summed E-state index contributed by atoms with van der Waals surface area (Å²) >= 11 is 13.3. The fourth-order valence-corrected chi connectivity index (χ4v) is 8.20. The molecule has 2 saturated heterocycles. The molecule has 41 heavy (non-hydrogen) atoms. The number of nitrogens with one attached hydrogen (secondary N) is 2. The summed E-state index contributed by atoms with van der Waals surface area (Å²) in [6.45, 7) is 4.21. The molecule has 0 unspecified atom stereocenters. The largest absolute Gasteiger partial charge is 0.340 e. The second-order valence-electron chi connectivity index (χ2n) is 10.8. The van der Waals surface area contributed by atoms with Gasteiger partial charge in [-0.25, -0.2) is 13.1 Å². The molecule has 3 amide bonds. The number of benzene rings is 2. The molecule has 0 aliphatic carbocycles. The molecule has 3 aromatic rings. The number of piperazine rings is 1. The number of halogens is 2. The highest BCUT2D eigenvalue weighted by molar-refractivity contribution is 7.89. The Labute approximate surface area is 252 Å². The van der Waals surface area contributed by atoms with Gasteiger partial charge in [-0.1, -0.05) is 55.2 Å². The van der Waals surface area contributed by atoms with Crippen molar-refractivity contribution in [3.05, 3.63) is 63.5 Å². The van der Waals surface area contributed by atoms with Crippen molar-refractivity contribution in [1.82, 2.24) is 19.8 Å². The number of carbonyl (C=O) groups is 3. The third kappa shape index (κ3) is 6.39. The van der Waals surface area contributed by atoms with Crippen LogP contribution < -0.4 is 10.0 Å². The molecule has 0 spiro atoms. The second kappa shape index (κ2) is 11.9. The molecule has 2 aliphatic heterocycles. The molecule has 218 valence electrons.